The van der Waals surface area contributed by atoms with Crippen LogP contribution < -0.4 is 10.6 Å². The van der Waals surface area contributed by atoms with Gasteiger partial charge in [0.15, 0.2) is 0 Å². The second-order valence-corrected chi connectivity index (χ2v) is 5.34. The second-order valence-electron chi connectivity index (χ2n) is 5.34. The highest BCUT2D eigenvalue weighted by Crippen LogP contribution is 2.19. The minimum absolute atomic E-state index is 0.689. The monoisotopic (exact) mass is 270 g/mol. The van der Waals surface area contributed by atoms with Gasteiger partial charge in [0.05, 0.1) is 0 Å². The summed E-state index contributed by atoms with van der Waals surface area (Å²) < 4.78 is 0. The highest BCUT2D eigenvalue weighted by atomic mass is 15.1. The summed E-state index contributed by atoms with van der Waals surface area (Å²) >= 11 is 0. The molecule has 0 unspecified atom stereocenters. The maximum absolute atomic E-state index is 4.26. The molecule has 0 fully saturated rings. The molecule has 4 nitrogen and oxygen atoms in total. The fraction of sp³-hybridized carbons (Fsp3) is 0.375. The Morgan fingerprint density at radius 1 is 1.10 bits per heavy atom. The maximum atomic E-state index is 4.26. The Hall–Kier alpha value is -2.10. The van der Waals surface area contributed by atoms with Crippen molar-refractivity contribution in [3.63, 3.8) is 0 Å². The molecule has 0 spiro atoms. The van der Waals surface area contributed by atoms with Crippen molar-refractivity contribution in [1.82, 2.24) is 9.97 Å². The zero-order valence-electron chi connectivity index (χ0n) is 12.4. The number of hydrogen-bond acceptors (Lipinski definition) is 4. The van der Waals surface area contributed by atoms with Crippen LogP contribution in [-0.4, -0.2) is 16.5 Å². The standard InChI is InChI=1S/C16H22N4/c1-12(2)8-9-17-15-10-16(19-11-18-15)20-14-7-5-4-6-13(14)3/h4-7,10-12H,8-9H2,1-3H3,(H2,17,18,19,20). The Kier molecular flexibility index (Phi) is 4.93. The van der Waals surface area contributed by atoms with Crippen LogP contribution in [0.4, 0.5) is 17.3 Å². The molecule has 0 amide bonds. The van der Waals surface area contributed by atoms with Gasteiger partial charge in [0.2, 0.25) is 0 Å². The molecule has 0 saturated heterocycles. The molecule has 0 radical (unpaired) electrons. The van der Waals surface area contributed by atoms with E-state index in [1.807, 2.05) is 24.3 Å². The van der Waals surface area contributed by atoms with Gasteiger partial charge in [-0.25, -0.2) is 9.97 Å². The number of para-hydroxylation sites is 1. The van der Waals surface area contributed by atoms with Gasteiger partial charge in [-0.2, -0.15) is 0 Å². The summed E-state index contributed by atoms with van der Waals surface area (Å²) in [4.78, 5) is 8.49. The van der Waals surface area contributed by atoms with Crippen molar-refractivity contribution in [2.24, 2.45) is 5.92 Å². The van der Waals surface area contributed by atoms with Gasteiger partial charge in [0, 0.05) is 18.3 Å². The first kappa shape index (κ1) is 14.3. The topological polar surface area (TPSA) is 49.8 Å². The van der Waals surface area contributed by atoms with Crippen LogP contribution in [0.5, 0.6) is 0 Å². The predicted octanol–water partition coefficient (Wildman–Crippen LogP) is 3.99. The highest BCUT2D eigenvalue weighted by Gasteiger charge is 2.01. The number of aromatic nitrogens is 2. The average Bonchev–Trinajstić information content (AvgIpc) is 2.41. The van der Waals surface area contributed by atoms with Gasteiger partial charge in [-0.05, 0) is 30.9 Å². The Morgan fingerprint density at radius 2 is 1.85 bits per heavy atom. The lowest BCUT2D eigenvalue weighted by Crippen LogP contribution is -2.07. The van der Waals surface area contributed by atoms with Crippen LogP contribution in [0.2, 0.25) is 0 Å². The lowest BCUT2D eigenvalue weighted by Gasteiger charge is -2.11. The first-order valence-corrected chi connectivity index (χ1v) is 7.03. The molecule has 0 bridgehead atoms. The Morgan fingerprint density at radius 3 is 2.60 bits per heavy atom. The van der Waals surface area contributed by atoms with Crippen molar-refractivity contribution in [3.05, 3.63) is 42.2 Å². The fourth-order valence-electron chi connectivity index (χ4n) is 1.86. The normalized spacial score (nSPS) is 10.6. The number of nitrogens with one attached hydrogen (secondary N) is 2. The van der Waals surface area contributed by atoms with E-state index in [4.69, 9.17) is 0 Å². The average molecular weight is 270 g/mol. The number of anilines is 3. The molecule has 0 aliphatic carbocycles. The van der Waals surface area contributed by atoms with Gasteiger partial charge in [0.1, 0.15) is 18.0 Å². The Balaban J connectivity index is 2.01. The van der Waals surface area contributed by atoms with Gasteiger partial charge >= 0.3 is 0 Å². The zero-order chi connectivity index (χ0) is 14.4. The van der Waals surface area contributed by atoms with Crippen molar-refractivity contribution >= 4 is 17.3 Å². The summed E-state index contributed by atoms with van der Waals surface area (Å²) in [6.45, 7) is 7.43. The molecule has 0 saturated carbocycles. The van der Waals surface area contributed by atoms with E-state index in [1.165, 1.54) is 5.56 Å². The molecule has 2 N–H and O–H groups in total. The third kappa shape index (κ3) is 4.23. The SMILES string of the molecule is Cc1ccccc1Nc1cc(NCCC(C)C)ncn1. The fourth-order valence-corrected chi connectivity index (χ4v) is 1.86. The molecule has 4 heteroatoms. The summed E-state index contributed by atoms with van der Waals surface area (Å²) in [7, 11) is 0. The molecule has 0 aliphatic rings. The minimum atomic E-state index is 0.689. The van der Waals surface area contributed by atoms with Crippen LogP contribution in [0, 0.1) is 12.8 Å². The van der Waals surface area contributed by atoms with Gasteiger partial charge in [0.25, 0.3) is 0 Å². The Bertz CT molecular complexity index is 552. The van der Waals surface area contributed by atoms with Crippen molar-refractivity contribution in [2.45, 2.75) is 27.2 Å². The number of hydrogen-bond donors (Lipinski definition) is 2. The molecular weight excluding hydrogens is 248 g/mol. The lowest BCUT2D eigenvalue weighted by atomic mass is 10.1. The smallest absolute Gasteiger partial charge is 0.135 e. The molecule has 1 heterocycles. The molecule has 1 aromatic carbocycles. The summed E-state index contributed by atoms with van der Waals surface area (Å²) in [6.07, 6.45) is 2.71. The van der Waals surface area contributed by atoms with E-state index >= 15 is 0 Å². The van der Waals surface area contributed by atoms with Crippen LogP contribution in [0.3, 0.4) is 0 Å². The predicted molar refractivity (Wildman–Crippen MR) is 84.4 cm³/mol. The van der Waals surface area contributed by atoms with Gasteiger partial charge < -0.3 is 10.6 Å². The summed E-state index contributed by atoms with van der Waals surface area (Å²) in [5.74, 6) is 2.35. The molecule has 0 aliphatic heterocycles. The van der Waals surface area contributed by atoms with Crippen molar-refractivity contribution in [2.75, 3.05) is 17.2 Å². The van der Waals surface area contributed by atoms with Gasteiger partial charge in [-0.1, -0.05) is 32.0 Å². The summed E-state index contributed by atoms with van der Waals surface area (Å²) in [5, 5.41) is 6.65. The largest absolute Gasteiger partial charge is 0.370 e. The quantitative estimate of drug-likeness (QED) is 0.833. The van der Waals surface area contributed by atoms with E-state index in [0.717, 1.165) is 30.3 Å². The van der Waals surface area contributed by atoms with Crippen molar-refractivity contribution in [1.29, 1.82) is 0 Å². The van der Waals surface area contributed by atoms with Crippen molar-refractivity contribution in [3.8, 4) is 0 Å². The van der Waals surface area contributed by atoms with Gasteiger partial charge in [-0.3, -0.25) is 0 Å². The third-order valence-electron chi connectivity index (χ3n) is 3.10. The zero-order valence-corrected chi connectivity index (χ0v) is 12.4. The van der Waals surface area contributed by atoms with E-state index in [0.29, 0.717) is 5.92 Å². The van der Waals surface area contributed by atoms with Crippen LogP contribution >= 0.6 is 0 Å². The molecule has 2 aromatic rings. The van der Waals surface area contributed by atoms with E-state index < -0.39 is 0 Å². The van der Waals surface area contributed by atoms with Crippen LogP contribution in [0.25, 0.3) is 0 Å². The van der Waals surface area contributed by atoms with Crippen LogP contribution in [-0.2, 0) is 0 Å². The highest BCUT2D eigenvalue weighted by molar-refractivity contribution is 5.61. The van der Waals surface area contributed by atoms with Crippen LogP contribution in [0.1, 0.15) is 25.8 Å². The number of nitrogens with zero attached hydrogens (tertiary/aromatic N) is 2. The molecule has 20 heavy (non-hydrogen) atoms. The number of benzene rings is 1. The van der Waals surface area contributed by atoms with E-state index in [9.17, 15) is 0 Å². The number of aryl methyl sites for hydroxylation is 1. The molecular formula is C16H22N4. The minimum Gasteiger partial charge on any atom is -0.370 e. The molecule has 106 valence electrons. The second kappa shape index (κ2) is 6.89. The van der Waals surface area contributed by atoms with Gasteiger partial charge in [-0.15, -0.1) is 0 Å². The first-order chi connectivity index (χ1) is 9.65. The molecule has 0 atom stereocenters. The van der Waals surface area contributed by atoms with E-state index in [-0.39, 0.29) is 0 Å². The first-order valence-electron chi connectivity index (χ1n) is 7.03. The Labute approximate surface area is 120 Å². The third-order valence-corrected chi connectivity index (χ3v) is 3.10. The summed E-state index contributed by atoms with van der Waals surface area (Å²) in [6, 6.07) is 10.1. The maximum Gasteiger partial charge on any atom is 0.135 e. The lowest BCUT2D eigenvalue weighted by molar-refractivity contribution is 0.606. The van der Waals surface area contributed by atoms with Crippen molar-refractivity contribution < 1.29 is 0 Å². The van der Waals surface area contributed by atoms with E-state index in [2.05, 4.69) is 47.4 Å². The molecule has 1 aromatic heterocycles. The van der Waals surface area contributed by atoms with Crippen LogP contribution in [0.15, 0.2) is 36.7 Å². The molecule has 2 rings (SSSR count). The van der Waals surface area contributed by atoms with E-state index in [1.54, 1.807) is 6.33 Å². The summed E-state index contributed by atoms with van der Waals surface area (Å²) in [5.41, 5.74) is 2.26. The number of rotatable bonds is 6.